The van der Waals surface area contributed by atoms with Gasteiger partial charge in [-0.1, -0.05) is 0 Å². The zero-order chi connectivity index (χ0) is 4.99. The van der Waals surface area contributed by atoms with Gasteiger partial charge in [0.05, 0.1) is 0 Å². The van der Waals surface area contributed by atoms with Crippen molar-refractivity contribution in [1.82, 2.24) is 0 Å². The Morgan fingerprint density at radius 2 is 2.00 bits per heavy atom. The molecule has 0 heterocycles. The van der Waals surface area contributed by atoms with Gasteiger partial charge in [0.15, 0.2) is 0 Å². The van der Waals surface area contributed by atoms with Gasteiger partial charge >= 0.3 is 56.2 Å². The first-order valence-electron chi connectivity index (χ1n) is 2.56. The Bertz CT molecular complexity index is 25.1. The molecule has 0 aromatic heterocycles. The average molecular weight is 272 g/mol. The molecule has 0 aliphatic rings. The van der Waals surface area contributed by atoms with E-state index in [0.29, 0.717) is 0 Å². The molecule has 0 aliphatic carbocycles. The molecule has 0 bridgehead atoms. The van der Waals surface area contributed by atoms with Gasteiger partial charge in [0.1, 0.15) is 0 Å². The Labute approximate surface area is 56.3 Å². The van der Waals surface area contributed by atoms with Crippen LogP contribution in [0.2, 0.25) is 3.93 Å². The summed E-state index contributed by atoms with van der Waals surface area (Å²) in [5.74, 6) is 0.947. The second-order valence-corrected chi connectivity index (χ2v) is 4.78. The Morgan fingerprint density at radius 3 is 2.00 bits per heavy atom. The van der Waals surface area contributed by atoms with Crippen molar-refractivity contribution in [2.24, 2.45) is 5.92 Å². The predicted molar refractivity (Wildman–Crippen MR) is 24.3 cm³/mol. The molecule has 6 heavy (non-hydrogen) atoms. The standard InChI is InChI=1S/C5H11.Hg/c1-4-5(2)3;/h5H,1,4H2,2-3H3;/q;+1. The van der Waals surface area contributed by atoms with Crippen LogP contribution in [0.3, 0.4) is 0 Å². The van der Waals surface area contributed by atoms with E-state index < -0.39 is 0 Å². The van der Waals surface area contributed by atoms with Crippen molar-refractivity contribution in [3.63, 3.8) is 0 Å². The third-order valence-electron chi connectivity index (χ3n) is 0.781. The summed E-state index contributed by atoms with van der Waals surface area (Å²) in [5.41, 5.74) is 0. The summed E-state index contributed by atoms with van der Waals surface area (Å²) in [5, 5.41) is 0. The van der Waals surface area contributed by atoms with Crippen molar-refractivity contribution in [1.29, 1.82) is 0 Å². The first kappa shape index (κ1) is 6.94. The van der Waals surface area contributed by atoms with E-state index in [1.165, 1.54) is 10.4 Å². The van der Waals surface area contributed by atoms with Crippen molar-refractivity contribution < 1.29 is 26.1 Å². The molecule has 1 heteroatoms. The van der Waals surface area contributed by atoms with Gasteiger partial charge in [-0.2, -0.15) is 0 Å². The van der Waals surface area contributed by atoms with Crippen LogP contribution in [0.4, 0.5) is 0 Å². The molecule has 0 amide bonds. The van der Waals surface area contributed by atoms with Gasteiger partial charge in [0, 0.05) is 0 Å². The van der Waals surface area contributed by atoms with Crippen LogP contribution in [-0.2, 0) is 26.1 Å². The molecule has 0 fully saturated rings. The molecule has 0 N–H and O–H groups in total. The summed E-state index contributed by atoms with van der Waals surface area (Å²) in [6.07, 6.45) is 1.46. The second-order valence-electron chi connectivity index (χ2n) is 2.04. The molecule has 0 saturated heterocycles. The zero-order valence-corrected chi connectivity index (χ0v) is 10.2. The fraction of sp³-hybridized carbons (Fsp3) is 1.00. The van der Waals surface area contributed by atoms with E-state index >= 15 is 0 Å². The van der Waals surface area contributed by atoms with Gasteiger partial charge in [-0.15, -0.1) is 0 Å². The molecule has 0 aromatic carbocycles. The van der Waals surface area contributed by atoms with Gasteiger partial charge < -0.3 is 0 Å². The Morgan fingerprint density at radius 1 is 1.50 bits per heavy atom. The van der Waals surface area contributed by atoms with Gasteiger partial charge in [0.2, 0.25) is 0 Å². The number of hydrogen-bond acceptors (Lipinski definition) is 0. The van der Waals surface area contributed by atoms with E-state index in [-0.39, 0.29) is 0 Å². The van der Waals surface area contributed by atoms with Gasteiger partial charge in [-0.25, -0.2) is 0 Å². The topological polar surface area (TPSA) is 0 Å². The van der Waals surface area contributed by atoms with Crippen molar-refractivity contribution >= 4 is 0 Å². The maximum atomic E-state index is 2.28. The van der Waals surface area contributed by atoms with Crippen molar-refractivity contribution in [3.05, 3.63) is 0 Å². The summed E-state index contributed by atoms with van der Waals surface area (Å²) in [6, 6.07) is 0. The van der Waals surface area contributed by atoms with E-state index in [1.54, 1.807) is 0 Å². The van der Waals surface area contributed by atoms with Crippen molar-refractivity contribution in [3.8, 4) is 0 Å². The molecule has 0 rings (SSSR count). The van der Waals surface area contributed by atoms with Crippen LogP contribution in [0.1, 0.15) is 20.3 Å². The average Bonchev–Trinajstić information content (AvgIpc) is 1.35. The minimum absolute atomic E-state index is 0.947. The van der Waals surface area contributed by atoms with Gasteiger partial charge in [0.25, 0.3) is 0 Å². The Kier molecular flexibility index (Phi) is 4.74. The third-order valence-corrected chi connectivity index (χ3v) is 2.37. The van der Waals surface area contributed by atoms with Crippen LogP contribution in [-0.4, -0.2) is 0 Å². The first-order chi connectivity index (χ1) is 2.77. The monoisotopic (exact) mass is 273 g/mol. The van der Waals surface area contributed by atoms with Gasteiger partial charge in [-0.3, -0.25) is 0 Å². The summed E-state index contributed by atoms with van der Waals surface area (Å²) < 4.78 is 1.53. The van der Waals surface area contributed by atoms with Crippen LogP contribution in [0.15, 0.2) is 0 Å². The van der Waals surface area contributed by atoms with E-state index in [2.05, 4.69) is 13.8 Å². The summed E-state index contributed by atoms with van der Waals surface area (Å²) in [4.78, 5) is 0. The van der Waals surface area contributed by atoms with Crippen LogP contribution in [0, 0.1) is 5.92 Å². The molecule has 0 radical (unpaired) electrons. The Hall–Kier alpha value is 0.935. The van der Waals surface area contributed by atoms with E-state index in [0.717, 1.165) is 32.0 Å². The summed E-state index contributed by atoms with van der Waals surface area (Å²) in [7, 11) is 0. The van der Waals surface area contributed by atoms with Gasteiger partial charge in [-0.05, 0) is 0 Å². The summed E-state index contributed by atoms with van der Waals surface area (Å²) in [6.45, 7) is 4.57. The SMILES string of the molecule is CC(C)C[CH2][Hg+]. The minimum atomic E-state index is 0.947. The predicted octanol–water partition coefficient (Wildman–Crippen LogP) is 2.00. The molecule has 0 aromatic rings. The van der Waals surface area contributed by atoms with Crippen molar-refractivity contribution in [2.45, 2.75) is 24.2 Å². The normalized spacial score (nSPS) is 10.2. The Balaban J connectivity index is 2.63. The molecule has 32 valence electrons. The molecule has 0 saturated carbocycles. The summed E-state index contributed by atoms with van der Waals surface area (Å²) >= 11 is 1.05. The van der Waals surface area contributed by atoms with Crippen LogP contribution in [0.25, 0.3) is 0 Å². The first-order valence-corrected chi connectivity index (χ1v) is 6.45. The van der Waals surface area contributed by atoms with Crippen LogP contribution in [0.5, 0.6) is 0 Å². The molecule has 0 nitrogen and oxygen atoms in total. The fourth-order valence-electron chi connectivity index (χ4n) is 0.408. The molecular weight excluding hydrogens is 261 g/mol. The van der Waals surface area contributed by atoms with Crippen LogP contribution < -0.4 is 0 Å². The zero-order valence-electron chi connectivity index (χ0n) is 4.70. The molecule has 0 spiro atoms. The van der Waals surface area contributed by atoms with Crippen molar-refractivity contribution in [2.75, 3.05) is 0 Å². The molecule has 0 aliphatic heterocycles. The third kappa shape index (κ3) is 4.94. The fourth-order valence-corrected chi connectivity index (χ4v) is 3.58. The van der Waals surface area contributed by atoms with E-state index in [4.69, 9.17) is 0 Å². The molecule has 0 unspecified atom stereocenters. The molecular formula is C5H11Hg+. The van der Waals surface area contributed by atoms with E-state index in [9.17, 15) is 0 Å². The molecule has 0 atom stereocenters. The number of rotatable bonds is 2. The van der Waals surface area contributed by atoms with E-state index in [1.807, 2.05) is 0 Å². The number of hydrogen-bond donors (Lipinski definition) is 0. The van der Waals surface area contributed by atoms with Crippen LogP contribution >= 0.6 is 0 Å². The quantitative estimate of drug-likeness (QED) is 0.674. The maximum absolute atomic E-state index is 2.28. The second kappa shape index (κ2) is 4.10.